The normalized spacial score (nSPS) is 10.2. The topological polar surface area (TPSA) is 26.3 Å². The number of rotatable bonds is 3. The van der Waals surface area contributed by atoms with E-state index in [0.717, 1.165) is 0 Å². The van der Waals surface area contributed by atoms with Crippen molar-refractivity contribution in [1.82, 2.24) is 0 Å². The second-order valence-corrected chi connectivity index (χ2v) is 4.79. The van der Waals surface area contributed by atoms with Crippen molar-refractivity contribution < 1.29 is 9.53 Å². The Balaban J connectivity index is 2.28. The largest absolute Gasteiger partial charge is 0.457 e. The lowest BCUT2D eigenvalue weighted by molar-refractivity contribution is 0.112. The molecule has 0 amide bonds. The van der Waals surface area contributed by atoms with Crippen molar-refractivity contribution in [3.63, 3.8) is 0 Å². The fourth-order valence-corrected chi connectivity index (χ4v) is 2.11. The SMILES string of the molecule is O=Cc1ccc(Oc2cc(Cl)cc(Cl)c2)cc1Cl. The van der Waals surface area contributed by atoms with Gasteiger partial charge in [0.2, 0.25) is 0 Å². The zero-order valence-electron chi connectivity index (χ0n) is 8.99. The molecule has 0 heterocycles. The van der Waals surface area contributed by atoms with Crippen LogP contribution in [0.15, 0.2) is 36.4 Å². The minimum atomic E-state index is 0.329. The molecule has 0 fully saturated rings. The quantitative estimate of drug-likeness (QED) is 0.724. The Morgan fingerprint density at radius 2 is 1.56 bits per heavy atom. The maximum atomic E-state index is 10.6. The van der Waals surface area contributed by atoms with Gasteiger partial charge in [-0.15, -0.1) is 0 Å². The van der Waals surface area contributed by atoms with E-state index in [9.17, 15) is 4.79 Å². The van der Waals surface area contributed by atoms with Gasteiger partial charge >= 0.3 is 0 Å². The molecule has 0 aliphatic carbocycles. The lowest BCUT2D eigenvalue weighted by atomic mass is 10.2. The van der Waals surface area contributed by atoms with Crippen LogP contribution in [0.4, 0.5) is 0 Å². The molecule has 0 spiro atoms. The Morgan fingerprint density at radius 3 is 2.11 bits per heavy atom. The fraction of sp³-hybridized carbons (Fsp3) is 0. The summed E-state index contributed by atoms with van der Waals surface area (Å²) in [5.74, 6) is 1.01. The lowest BCUT2D eigenvalue weighted by Crippen LogP contribution is -1.87. The van der Waals surface area contributed by atoms with E-state index in [1.807, 2.05) is 0 Å². The Bertz CT molecular complexity index is 577. The summed E-state index contributed by atoms with van der Waals surface area (Å²) in [7, 11) is 0. The van der Waals surface area contributed by atoms with Gasteiger partial charge in [-0.2, -0.15) is 0 Å². The van der Waals surface area contributed by atoms with Crippen LogP contribution in [0.1, 0.15) is 10.4 Å². The van der Waals surface area contributed by atoms with Gasteiger partial charge in [-0.05, 0) is 30.3 Å². The van der Waals surface area contributed by atoms with Crippen molar-refractivity contribution in [3.05, 3.63) is 57.0 Å². The van der Waals surface area contributed by atoms with Gasteiger partial charge in [0.05, 0.1) is 5.02 Å². The predicted octanol–water partition coefficient (Wildman–Crippen LogP) is 5.25. The minimum Gasteiger partial charge on any atom is -0.457 e. The molecule has 0 atom stereocenters. The van der Waals surface area contributed by atoms with Crippen LogP contribution in [0, 0.1) is 0 Å². The second kappa shape index (κ2) is 5.61. The van der Waals surface area contributed by atoms with Gasteiger partial charge in [-0.3, -0.25) is 4.79 Å². The molecule has 2 aromatic carbocycles. The smallest absolute Gasteiger partial charge is 0.151 e. The molecule has 2 nitrogen and oxygen atoms in total. The highest BCUT2D eigenvalue weighted by molar-refractivity contribution is 6.34. The Morgan fingerprint density at radius 1 is 0.889 bits per heavy atom. The molecular weight excluding hydrogens is 294 g/mol. The number of hydrogen-bond acceptors (Lipinski definition) is 2. The molecule has 0 bridgehead atoms. The number of carbonyl (C=O) groups excluding carboxylic acids is 1. The maximum Gasteiger partial charge on any atom is 0.151 e. The molecule has 0 saturated heterocycles. The van der Waals surface area contributed by atoms with Crippen molar-refractivity contribution >= 4 is 41.1 Å². The average molecular weight is 302 g/mol. The van der Waals surface area contributed by atoms with E-state index in [2.05, 4.69) is 0 Å². The minimum absolute atomic E-state index is 0.329. The maximum absolute atomic E-state index is 10.6. The van der Waals surface area contributed by atoms with Gasteiger partial charge in [0.25, 0.3) is 0 Å². The first-order valence-electron chi connectivity index (χ1n) is 4.97. The van der Waals surface area contributed by atoms with Crippen molar-refractivity contribution in [2.75, 3.05) is 0 Å². The van der Waals surface area contributed by atoms with Crippen molar-refractivity contribution in [2.24, 2.45) is 0 Å². The van der Waals surface area contributed by atoms with E-state index in [4.69, 9.17) is 39.5 Å². The third kappa shape index (κ3) is 3.16. The van der Waals surface area contributed by atoms with E-state index in [0.29, 0.717) is 38.4 Å². The van der Waals surface area contributed by atoms with Gasteiger partial charge < -0.3 is 4.74 Å². The molecule has 0 aromatic heterocycles. The van der Waals surface area contributed by atoms with Crippen molar-refractivity contribution in [2.45, 2.75) is 0 Å². The molecule has 0 radical (unpaired) electrons. The van der Waals surface area contributed by atoms with Crippen LogP contribution in [0.3, 0.4) is 0 Å². The van der Waals surface area contributed by atoms with Gasteiger partial charge in [0, 0.05) is 21.7 Å². The predicted molar refractivity (Wildman–Crippen MR) is 73.4 cm³/mol. The zero-order valence-corrected chi connectivity index (χ0v) is 11.3. The van der Waals surface area contributed by atoms with Crippen LogP contribution >= 0.6 is 34.8 Å². The summed E-state index contributed by atoms with van der Waals surface area (Å²) in [6.07, 6.45) is 0.683. The third-order valence-electron chi connectivity index (χ3n) is 2.17. The number of hydrogen-bond donors (Lipinski definition) is 0. The average Bonchev–Trinajstić information content (AvgIpc) is 2.27. The summed E-state index contributed by atoms with van der Waals surface area (Å²) >= 11 is 17.6. The Labute approximate surface area is 119 Å². The standard InChI is InChI=1S/C13H7Cl3O2/c14-9-3-10(15)5-12(4-9)18-11-2-1-8(7-17)13(16)6-11/h1-7H. The lowest BCUT2D eigenvalue weighted by Gasteiger charge is -2.07. The van der Waals surface area contributed by atoms with Crippen LogP contribution < -0.4 is 4.74 Å². The Kier molecular flexibility index (Phi) is 4.12. The molecule has 0 aliphatic rings. The van der Waals surface area contributed by atoms with Crippen LogP contribution in [-0.2, 0) is 0 Å². The molecule has 0 unspecified atom stereocenters. The molecule has 92 valence electrons. The second-order valence-electron chi connectivity index (χ2n) is 3.51. The first-order chi connectivity index (χ1) is 8.58. The van der Waals surface area contributed by atoms with Crippen LogP contribution in [-0.4, -0.2) is 6.29 Å². The van der Waals surface area contributed by atoms with Crippen molar-refractivity contribution in [3.8, 4) is 11.5 Å². The molecule has 0 saturated carbocycles. The van der Waals surface area contributed by atoms with Gasteiger partial charge in [-0.25, -0.2) is 0 Å². The summed E-state index contributed by atoms with van der Waals surface area (Å²) in [5, 5.41) is 1.29. The summed E-state index contributed by atoms with van der Waals surface area (Å²) in [5.41, 5.74) is 0.410. The van der Waals surface area contributed by atoms with Gasteiger partial charge in [0.15, 0.2) is 6.29 Å². The number of benzene rings is 2. The summed E-state index contributed by atoms with van der Waals surface area (Å²) in [6.45, 7) is 0. The molecule has 2 aromatic rings. The summed E-state index contributed by atoms with van der Waals surface area (Å²) < 4.78 is 5.55. The molecule has 0 aliphatic heterocycles. The zero-order chi connectivity index (χ0) is 13.1. The van der Waals surface area contributed by atoms with Gasteiger partial charge in [-0.1, -0.05) is 34.8 Å². The summed E-state index contributed by atoms with van der Waals surface area (Å²) in [6, 6.07) is 9.66. The number of ether oxygens (including phenoxy) is 1. The highest BCUT2D eigenvalue weighted by Crippen LogP contribution is 2.30. The van der Waals surface area contributed by atoms with E-state index >= 15 is 0 Å². The van der Waals surface area contributed by atoms with Crippen LogP contribution in [0.25, 0.3) is 0 Å². The van der Waals surface area contributed by atoms with Crippen molar-refractivity contribution in [1.29, 1.82) is 0 Å². The number of aldehydes is 1. The van der Waals surface area contributed by atoms with Crippen LogP contribution in [0.2, 0.25) is 15.1 Å². The first-order valence-corrected chi connectivity index (χ1v) is 6.10. The highest BCUT2D eigenvalue weighted by atomic mass is 35.5. The van der Waals surface area contributed by atoms with E-state index < -0.39 is 0 Å². The number of halogens is 3. The molecular formula is C13H7Cl3O2. The fourth-order valence-electron chi connectivity index (χ4n) is 1.39. The van der Waals surface area contributed by atoms with Crippen LogP contribution in [0.5, 0.6) is 11.5 Å². The third-order valence-corrected chi connectivity index (χ3v) is 2.93. The highest BCUT2D eigenvalue weighted by Gasteiger charge is 2.04. The molecule has 18 heavy (non-hydrogen) atoms. The van der Waals surface area contributed by atoms with E-state index in [-0.39, 0.29) is 0 Å². The monoisotopic (exact) mass is 300 g/mol. The molecule has 5 heteroatoms. The van der Waals surface area contributed by atoms with E-state index in [1.54, 1.807) is 36.4 Å². The first kappa shape index (κ1) is 13.2. The van der Waals surface area contributed by atoms with Gasteiger partial charge in [0.1, 0.15) is 11.5 Å². The Hall–Kier alpha value is -1.22. The summed E-state index contributed by atoms with van der Waals surface area (Å²) in [4.78, 5) is 10.6. The molecule has 2 rings (SSSR count). The molecule has 0 N–H and O–H groups in total. The van der Waals surface area contributed by atoms with E-state index in [1.165, 1.54) is 0 Å². The number of carbonyl (C=O) groups is 1.